The molecule has 4 aliphatic heterocycles. The summed E-state index contributed by atoms with van der Waals surface area (Å²) in [5, 5.41) is 38.7. The third-order valence-corrected chi connectivity index (χ3v) is 7.21. The average molecular weight is 677 g/mol. The molecule has 0 aromatic rings. The molecule has 4 aliphatic rings. The lowest BCUT2D eigenvalue weighted by atomic mass is 10.1. The first-order valence-electron chi connectivity index (χ1n) is 15.0. The van der Waals surface area contributed by atoms with Crippen molar-refractivity contribution in [1.29, 1.82) is 0 Å². The summed E-state index contributed by atoms with van der Waals surface area (Å²) >= 11 is 0. The molecule has 0 spiro atoms. The second-order valence-corrected chi connectivity index (χ2v) is 10.8. The molecule has 0 radical (unpaired) electrons. The monoisotopic (exact) mass is 676 g/mol. The summed E-state index contributed by atoms with van der Waals surface area (Å²) in [7, 11) is 0. The van der Waals surface area contributed by atoms with Crippen molar-refractivity contribution in [2.75, 3.05) is 66.1 Å². The summed E-state index contributed by atoms with van der Waals surface area (Å²) in [5.74, 6) is -1.83. The van der Waals surface area contributed by atoms with Crippen LogP contribution in [0.2, 0.25) is 0 Å². The molecular weight excluding hydrogens is 632 g/mol. The lowest BCUT2D eigenvalue weighted by molar-refractivity contribution is -0.144. The van der Waals surface area contributed by atoms with Gasteiger partial charge in [0.25, 0.3) is 0 Å². The van der Waals surface area contributed by atoms with Crippen LogP contribution < -0.4 is 0 Å². The fourth-order valence-electron chi connectivity index (χ4n) is 4.86. The Bertz CT molecular complexity index is 990. The first kappa shape index (κ1) is 38.6. The van der Waals surface area contributed by atoms with Crippen molar-refractivity contribution >= 4 is 17.9 Å². The van der Waals surface area contributed by atoms with Crippen molar-refractivity contribution in [3.05, 3.63) is 38.0 Å². The van der Waals surface area contributed by atoms with Crippen LogP contribution in [0, 0.1) is 0 Å². The van der Waals surface area contributed by atoms with Crippen molar-refractivity contribution in [3.8, 4) is 0 Å². The molecule has 0 saturated carbocycles. The topological polar surface area (TPSA) is 224 Å². The van der Waals surface area contributed by atoms with Gasteiger partial charge >= 0.3 is 17.9 Å². The third kappa shape index (κ3) is 12.3. The zero-order valence-corrected chi connectivity index (χ0v) is 25.9. The molecule has 11 atom stereocenters. The van der Waals surface area contributed by atoms with Gasteiger partial charge in [-0.2, -0.15) is 0 Å². The summed E-state index contributed by atoms with van der Waals surface area (Å²) in [4.78, 5) is 32.7. The molecule has 47 heavy (non-hydrogen) atoms. The standard InChI is InChI=1S/C18H26O10.C12H18O7/c1-3-15(21)25-7-11(19)5-23-13-9-27-18-14(10-28-17(13)18)24-6-12(20)8-26-16(22)4-2;1-2-10(15)17-4-7(13)3-16-9-6-19-11-8(14)5-18-12(9)11/h3-4,11-14,17-20H,1-2,5-10H2;2,7-9,11-14H,1,3-6H2. The van der Waals surface area contributed by atoms with Crippen LogP contribution in [0.15, 0.2) is 38.0 Å². The summed E-state index contributed by atoms with van der Waals surface area (Å²) < 4.78 is 52.9. The quantitative estimate of drug-likeness (QED) is 0.0661. The Hall–Kier alpha value is -2.81. The number of aliphatic hydroxyl groups is 4. The number of fused-ring (bicyclic) bond motifs is 2. The summed E-state index contributed by atoms with van der Waals surface area (Å²) in [5.41, 5.74) is 0. The van der Waals surface area contributed by atoms with E-state index in [1.807, 2.05) is 0 Å². The second-order valence-electron chi connectivity index (χ2n) is 10.8. The number of aliphatic hydroxyl groups excluding tert-OH is 4. The number of hydrogen-bond acceptors (Lipinski definition) is 17. The van der Waals surface area contributed by atoms with Crippen LogP contribution in [-0.4, -0.2) is 172 Å². The van der Waals surface area contributed by atoms with E-state index in [1.165, 1.54) is 0 Å². The summed E-state index contributed by atoms with van der Waals surface area (Å²) in [6, 6.07) is 0. The van der Waals surface area contributed by atoms with Crippen LogP contribution in [0.3, 0.4) is 0 Å². The van der Waals surface area contributed by atoms with Gasteiger partial charge in [0.2, 0.25) is 0 Å². The summed E-state index contributed by atoms with van der Waals surface area (Å²) in [6.07, 6.45) is -3.01. The smallest absolute Gasteiger partial charge is 0.330 e. The van der Waals surface area contributed by atoms with E-state index in [9.17, 15) is 34.8 Å². The highest BCUT2D eigenvalue weighted by Gasteiger charge is 2.49. The number of carbonyl (C=O) groups is 3. The number of carbonyl (C=O) groups excluding carboxylic acids is 3. The Morgan fingerprint density at radius 3 is 1.19 bits per heavy atom. The first-order valence-corrected chi connectivity index (χ1v) is 15.0. The van der Waals surface area contributed by atoms with E-state index in [2.05, 4.69) is 24.5 Å². The van der Waals surface area contributed by atoms with Gasteiger partial charge in [0.05, 0.1) is 46.2 Å². The lowest BCUT2D eigenvalue weighted by Gasteiger charge is -2.19. The van der Waals surface area contributed by atoms with Crippen molar-refractivity contribution in [2.24, 2.45) is 0 Å². The number of esters is 3. The molecule has 266 valence electrons. The Balaban J connectivity index is 0.000000274. The van der Waals surface area contributed by atoms with Gasteiger partial charge in [-0.05, 0) is 0 Å². The predicted molar refractivity (Wildman–Crippen MR) is 156 cm³/mol. The van der Waals surface area contributed by atoms with Gasteiger partial charge in [0, 0.05) is 18.2 Å². The van der Waals surface area contributed by atoms with Crippen LogP contribution in [0.4, 0.5) is 0 Å². The van der Waals surface area contributed by atoms with E-state index in [0.29, 0.717) is 6.61 Å². The van der Waals surface area contributed by atoms with E-state index in [1.54, 1.807) is 0 Å². The van der Waals surface area contributed by atoms with E-state index in [0.717, 1.165) is 18.2 Å². The fourth-order valence-corrected chi connectivity index (χ4v) is 4.86. The molecular formula is C30H44O17. The average Bonchev–Trinajstić information content (AvgIpc) is 3.86. The molecule has 0 aromatic heterocycles. The summed E-state index contributed by atoms with van der Waals surface area (Å²) in [6.45, 7) is 10.2. The molecule has 4 N–H and O–H groups in total. The van der Waals surface area contributed by atoms with Gasteiger partial charge in [0.1, 0.15) is 87.0 Å². The minimum Gasteiger partial charge on any atom is -0.460 e. The fraction of sp³-hybridized carbons (Fsp3) is 0.700. The largest absolute Gasteiger partial charge is 0.460 e. The van der Waals surface area contributed by atoms with E-state index in [-0.39, 0.29) is 90.0 Å². The molecule has 4 fully saturated rings. The number of rotatable bonds is 18. The lowest BCUT2D eigenvalue weighted by Crippen LogP contribution is -2.37. The molecule has 17 nitrogen and oxygen atoms in total. The minimum absolute atomic E-state index is 0.00112. The molecule has 4 heterocycles. The zero-order valence-electron chi connectivity index (χ0n) is 25.9. The number of hydrogen-bond donors (Lipinski definition) is 4. The second kappa shape index (κ2) is 19.9. The molecule has 4 rings (SSSR count). The predicted octanol–water partition coefficient (Wildman–Crippen LogP) is -2.65. The van der Waals surface area contributed by atoms with E-state index < -0.39 is 54.5 Å². The Morgan fingerprint density at radius 1 is 0.553 bits per heavy atom. The van der Waals surface area contributed by atoms with E-state index >= 15 is 0 Å². The SMILES string of the molecule is C=CC(=O)OCC(O)COC1COC2C(O)COC12.C=CC(=O)OCC(O)COC1COC2C(OCC(O)COC(=O)C=C)COC12. The minimum atomic E-state index is -0.982. The molecule has 0 amide bonds. The van der Waals surface area contributed by atoms with Crippen LogP contribution in [-0.2, 0) is 61.8 Å². The van der Waals surface area contributed by atoms with Crippen molar-refractivity contribution < 1.29 is 82.2 Å². The van der Waals surface area contributed by atoms with Crippen LogP contribution in [0.25, 0.3) is 0 Å². The maximum absolute atomic E-state index is 11.0. The highest BCUT2D eigenvalue weighted by atomic mass is 16.7. The Morgan fingerprint density at radius 2 is 0.851 bits per heavy atom. The van der Waals surface area contributed by atoms with Crippen molar-refractivity contribution in [2.45, 2.75) is 67.1 Å². The van der Waals surface area contributed by atoms with Crippen molar-refractivity contribution in [1.82, 2.24) is 0 Å². The highest BCUT2D eigenvalue weighted by Crippen LogP contribution is 2.31. The van der Waals surface area contributed by atoms with Gasteiger partial charge in [-0.15, -0.1) is 0 Å². The number of ether oxygens (including phenoxy) is 10. The van der Waals surface area contributed by atoms with Crippen LogP contribution >= 0.6 is 0 Å². The van der Waals surface area contributed by atoms with Crippen LogP contribution in [0.5, 0.6) is 0 Å². The maximum Gasteiger partial charge on any atom is 0.330 e. The van der Waals surface area contributed by atoms with E-state index in [4.69, 9.17) is 42.6 Å². The maximum atomic E-state index is 11.0. The molecule has 4 saturated heterocycles. The van der Waals surface area contributed by atoms with Gasteiger partial charge in [0.15, 0.2) is 0 Å². The van der Waals surface area contributed by atoms with Gasteiger partial charge in [-0.1, -0.05) is 19.7 Å². The molecule has 0 aliphatic carbocycles. The normalized spacial score (nSPS) is 30.9. The molecule has 11 unspecified atom stereocenters. The van der Waals surface area contributed by atoms with Crippen LogP contribution in [0.1, 0.15) is 0 Å². The Kier molecular flexibility index (Phi) is 16.3. The van der Waals surface area contributed by atoms with Crippen molar-refractivity contribution in [3.63, 3.8) is 0 Å². The zero-order chi connectivity index (χ0) is 34.3. The van der Waals surface area contributed by atoms with Gasteiger partial charge in [-0.25, -0.2) is 14.4 Å². The Labute approximate surface area is 271 Å². The van der Waals surface area contributed by atoms with Gasteiger partial charge < -0.3 is 67.8 Å². The molecule has 0 aromatic carbocycles. The highest BCUT2D eigenvalue weighted by molar-refractivity contribution is 5.81. The third-order valence-electron chi connectivity index (χ3n) is 7.21. The first-order chi connectivity index (χ1) is 22.6. The molecule has 0 bridgehead atoms. The van der Waals surface area contributed by atoms with Gasteiger partial charge in [-0.3, -0.25) is 0 Å². The molecule has 17 heteroatoms.